The largest absolute Gasteiger partial charge is 0.0654 e. The van der Waals surface area contributed by atoms with Crippen LogP contribution in [0.5, 0.6) is 0 Å². The SMILES string of the molecule is CCCCCc1[c]cc[c]c1CCCCC. The molecule has 2 radical (unpaired) electrons. The molecule has 88 valence electrons. The van der Waals surface area contributed by atoms with E-state index >= 15 is 0 Å². The van der Waals surface area contributed by atoms with Crippen molar-refractivity contribution in [2.45, 2.75) is 65.2 Å². The highest BCUT2D eigenvalue weighted by atomic mass is 14.1. The van der Waals surface area contributed by atoms with E-state index in [2.05, 4.69) is 26.0 Å². The van der Waals surface area contributed by atoms with Crippen molar-refractivity contribution in [3.05, 3.63) is 35.4 Å². The van der Waals surface area contributed by atoms with Gasteiger partial charge in [-0.15, -0.1) is 0 Å². The first-order valence-electron chi connectivity index (χ1n) is 6.78. The van der Waals surface area contributed by atoms with Gasteiger partial charge < -0.3 is 0 Å². The second kappa shape index (κ2) is 8.38. The molecule has 0 spiro atoms. The van der Waals surface area contributed by atoms with E-state index in [4.69, 9.17) is 0 Å². The summed E-state index contributed by atoms with van der Waals surface area (Å²) in [5.41, 5.74) is 2.82. The number of aryl methyl sites for hydroxylation is 2. The van der Waals surface area contributed by atoms with Gasteiger partial charge in [-0.1, -0.05) is 51.7 Å². The molecule has 1 rings (SSSR count). The molecule has 0 aromatic heterocycles. The minimum Gasteiger partial charge on any atom is -0.0654 e. The zero-order chi connectivity index (χ0) is 11.6. The van der Waals surface area contributed by atoms with Crippen LogP contribution in [-0.4, -0.2) is 0 Å². The van der Waals surface area contributed by atoms with Crippen LogP contribution in [0.1, 0.15) is 63.5 Å². The van der Waals surface area contributed by atoms with Gasteiger partial charge in [0, 0.05) is 0 Å². The zero-order valence-electron chi connectivity index (χ0n) is 10.8. The molecule has 0 saturated heterocycles. The first-order valence-corrected chi connectivity index (χ1v) is 6.78. The van der Waals surface area contributed by atoms with E-state index in [1.807, 2.05) is 12.1 Å². The summed E-state index contributed by atoms with van der Waals surface area (Å²) in [6.07, 6.45) is 10.2. The number of benzene rings is 1. The molecule has 0 nitrogen and oxygen atoms in total. The van der Waals surface area contributed by atoms with Gasteiger partial charge >= 0.3 is 0 Å². The first-order chi connectivity index (χ1) is 7.88. The maximum Gasteiger partial charge on any atom is -0.0146 e. The van der Waals surface area contributed by atoms with Crippen molar-refractivity contribution in [2.75, 3.05) is 0 Å². The molecule has 0 saturated carbocycles. The number of hydrogen-bond acceptors (Lipinski definition) is 0. The molecule has 1 aromatic rings. The van der Waals surface area contributed by atoms with Gasteiger partial charge in [-0.2, -0.15) is 0 Å². The Morgan fingerprint density at radius 2 is 1.19 bits per heavy atom. The van der Waals surface area contributed by atoms with Gasteiger partial charge in [0.05, 0.1) is 0 Å². The fourth-order valence-corrected chi connectivity index (χ4v) is 2.01. The van der Waals surface area contributed by atoms with Crippen LogP contribution in [-0.2, 0) is 12.8 Å². The smallest absolute Gasteiger partial charge is 0.0146 e. The molecule has 0 fully saturated rings. The van der Waals surface area contributed by atoms with Crippen LogP contribution in [0.25, 0.3) is 0 Å². The van der Waals surface area contributed by atoms with E-state index in [-0.39, 0.29) is 0 Å². The van der Waals surface area contributed by atoms with Gasteiger partial charge in [0.2, 0.25) is 0 Å². The van der Waals surface area contributed by atoms with Crippen molar-refractivity contribution in [3.63, 3.8) is 0 Å². The van der Waals surface area contributed by atoms with Crippen LogP contribution < -0.4 is 0 Å². The van der Waals surface area contributed by atoms with E-state index in [9.17, 15) is 0 Å². The lowest BCUT2D eigenvalue weighted by Crippen LogP contribution is -1.95. The lowest BCUT2D eigenvalue weighted by Gasteiger charge is -2.08. The van der Waals surface area contributed by atoms with Gasteiger partial charge in [-0.05, 0) is 48.9 Å². The van der Waals surface area contributed by atoms with E-state index in [1.165, 1.54) is 62.5 Å². The van der Waals surface area contributed by atoms with E-state index < -0.39 is 0 Å². The standard InChI is InChI=1S/C16H24/c1-3-5-7-11-15-13-9-10-14-16(15)12-8-6-4-2/h9-10H,3-8,11-12H2,1-2H3. The summed E-state index contributed by atoms with van der Waals surface area (Å²) in [5, 5.41) is 0. The average molecular weight is 216 g/mol. The van der Waals surface area contributed by atoms with E-state index in [0.717, 1.165) is 0 Å². The minimum absolute atomic E-state index is 1.19. The lowest BCUT2D eigenvalue weighted by molar-refractivity contribution is 0.692. The Morgan fingerprint density at radius 3 is 1.56 bits per heavy atom. The third-order valence-corrected chi connectivity index (χ3v) is 3.02. The van der Waals surface area contributed by atoms with Crippen LogP contribution >= 0.6 is 0 Å². The van der Waals surface area contributed by atoms with Crippen molar-refractivity contribution >= 4 is 0 Å². The number of rotatable bonds is 8. The Bertz CT molecular complexity index is 246. The fourth-order valence-electron chi connectivity index (χ4n) is 2.01. The Balaban J connectivity index is 2.46. The van der Waals surface area contributed by atoms with Crippen molar-refractivity contribution in [3.8, 4) is 0 Å². The Kier molecular flexibility index (Phi) is 6.96. The first kappa shape index (κ1) is 13.3. The summed E-state index contributed by atoms with van der Waals surface area (Å²) in [6, 6.07) is 10.8. The van der Waals surface area contributed by atoms with Gasteiger partial charge in [0.25, 0.3) is 0 Å². The molecule has 0 heterocycles. The van der Waals surface area contributed by atoms with Gasteiger partial charge in [-0.3, -0.25) is 0 Å². The molecule has 0 aliphatic heterocycles. The van der Waals surface area contributed by atoms with Crippen LogP contribution in [0.2, 0.25) is 0 Å². The van der Waals surface area contributed by atoms with Crippen LogP contribution in [0, 0.1) is 12.1 Å². The second-order valence-corrected chi connectivity index (χ2v) is 4.49. The summed E-state index contributed by atoms with van der Waals surface area (Å²) in [4.78, 5) is 0. The van der Waals surface area contributed by atoms with Crippen molar-refractivity contribution in [1.29, 1.82) is 0 Å². The van der Waals surface area contributed by atoms with E-state index in [1.54, 1.807) is 0 Å². The quantitative estimate of drug-likeness (QED) is 0.550. The van der Waals surface area contributed by atoms with Crippen LogP contribution in [0.4, 0.5) is 0 Å². The molecule has 0 amide bonds. The predicted molar refractivity (Wildman–Crippen MR) is 70.6 cm³/mol. The summed E-state index contributed by atoms with van der Waals surface area (Å²) < 4.78 is 0. The Labute approximate surface area is 101 Å². The highest BCUT2D eigenvalue weighted by Crippen LogP contribution is 2.14. The Morgan fingerprint density at radius 1 is 0.750 bits per heavy atom. The normalized spacial score (nSPS) is 10.6. The molecular weight excluding hydrogens is 192 g/mol. The van der Waals surface area contributed by atoms with Crippen LogP contribution in [0.3, 0.4) is 0 Å². The molecular formula is C16H24. The fraction of sp³-hybridized carbons (Fsp3) is 0.625. The maximum absolute atomic E-state index is 3.39. The lowest BCUT2D eigenvalue weighted by atomic mass is 9.97. The monoisotopic (exact) mass is 216 g/mol. The zero-order valence-corrected chi connectivity index (χ0v) is 10.8. The third kappa shape index (κ3) is 4.83. The maximum atomic E-state index is 3.39. The van der Waals surface area contributed by atoms with Gasteiger partial charge in [-0.25, -0.2) is 0 Å². The third-order valence-electron chi connectivity index (χ3n) is 3.02. The van der Waals surface area contributed by atoms with Crippen LogP contribution in [0.15, 0.2) is 12.1 Å². The minimum atomic E-state index is 1.19. The van der Waals surface area contributed by atoms with Gasteiger partial charge in [0.1, 0.15) is 0 Å². The summed E-state index contributed by atoms with van der Waals surface area (Å²) >= 11 is 0. The van der Waals surface area contributed by atoms with Crippen molar-refractivity contribution < 1.29 is 0 Å². The number of hydrogen-bond donors (Lipinski definition) is 0. The Hall–Kier alpha value is -0.780. The highest BCUT2D eigenvalue weighted by molar-refractivity contribution is 5.25. The topological polar surface area (TPSA) is 0 Å². The van der Waals surface area contributed by atoms with Crippen molar-refractivity contribution in [1.82, 2.24) is 0 Å². The van der Waals surface area contributed by atoms with Gasteiger partial charge in [0.15, 0.2) is 0 Å². The van der Waals surface area contributed by atoms with Crippen molar-refractivity contribution in [2.24, 2.45) is 0 Å². The molecule has 0 atom stereocenters. The molecule has 16 heavy (non-hydrogen) atoms. The average Bonchev–Trinajstić information content (AvgIpc) is 2.32. The molecule has 0 aliphatic rings. The summed E-state index contributed by atoms with van der Waals surface area (Å²) in [5.74, 6) is 0. The molecule has 1 aromatic carbocycles. The molecule has 0 N–H and O–H groups in total. The van der Waals surface area contributed by atoms with E-state index in [0.29, 0.717) is 0 Å². The number of unbranched alkanes of at least 4 members (excludes halogenated alkanes) is 4. The summed E-state index contributed by atoms with van der Waals surface area (Å²) in [6.45, 7) is 4.51. The highest BCUT2D eigenvalue weighted by Gasteiger charge is 2.01. The predicted octanol–water partition coefficient (Wildman–Crippen LogP) is 4.75. The molecule has 0 unspecified atom stereocenters. The molecule has 0 heteroatoms. The summed E-state index contributed by atoms with van der Waals surface area (Å²) in [7, 11) is 0. The molecule has 0 bridgehead atoms. The second-order valence-electron chi connectivity index (χ2n) is 4.49. The molecule has 0 aliphatic carbocycles.